The number of amides is 2. The molecule has 0 spiro atoms. The quantitative estimate of drug-likeness (QED) is 0.630. The molecule has 1 aromatic heterocycles. The molecule has 9 nitrogen and oxygen atoms in total. The minimum absolute atomic E-state index is 0.0265. The number of nitrogens with zero attached hydrogens (tertiary/aromatic N) is 2. The molecule has 2 amide bonds. The third-order valence-electron chi connectivity index (χ3n) is 4.98. The summed E-state index contributed by atoms with van der Waals surface area (Å²) in [6.07, 6.45) is 1.92. The number of pyridine rings is 1. The van der Waals surface area contributed by atoms with E-state index in [1.165, 1.54) is 7.11 Å². The maximum Gasteiger partial charge on any atom is 0.258 e. The second-order valence-electron chi connectivity index (χ2n) is 8.40. The first-order chi connectivity index (χ1) is 15.7. The van der Waals surface area contributed by atoms with Crippen molar-refractivity contribution in [3.63, 3.8) is 0 Å². The van der Waals surface area contributed by atoms with E-state index in [1.807, 2.05) is 39.8 Å². The second-order valence-corrected chi connectivity index (χ2v) is 8.40. The predicted octanol–water partition coefficient (Wildman–Crippen LogP) is 2.86. The summed E-state index contributed by atoms with van der Waals surface area (Å²) in [5.74, 6) is 1.06. The minimum atomic E-state index is -0.305. The van der Waals surface area contributed by atoms with Gasteiger partial charge in [-0.15, -0.1) is 0 Å². The number of anilines is 2. The molecule has 1 saturated heterocycles. The first-order valence-electron chi connectivity index (χ1n) is 11.0. The van der Waals surface area contributed by atoms with Gasteiger partial charge in [0.25, 0.3) is 11.8 Å². The van der Waals surface area contributed by atoms with E-state index in [9.17, 15) is 9.59 Å². The van der Waals surface area contributed by atoms with Crippen LogP contribution in [-0.2, 0) is 9.53 Å². The number of nitrogens with one attached hydrogen (secondary N) is 2. The molecule has 2 heterocycles. The second kappa shape index (κ2) is 11.0. The van der Waals surface area contributed by atoms with Crippen molar-refractivity contribution in [3.8, 4) is 11.5 Å². The molecule has 1 fully saturated rings. The van der Waals surface area contributed by atoms with E-state index in [1.54, 1.807) is 24.4 Å². The monoisotopic (exact) mass is 456 g/mol. The lowest BCUT2D eigenvalue weighted by molar-refractivity contribution is -0.123. The Labute approximate surface area is 194 Å². The van der Waals surface area contributed by atoms with Crippen LogP contribution in [0.2, 0.25) is 0 Å². The SMILES string of the molecule is COc1cc(C(=O)Nc2ccc(N3CC(C)OC(C)C3)nc2)ccc1OCC(=O)NC(C)C. The highest BCUT2D eigenvalue weighted by Gasteiger charge is 2.23. The Bertz CT molecular complexity index is 954. The van der Waals surface area contributed by atoms with Crippen LogP contribution in [0, 0.1) is 0 Å². The Morgan fingerprint density at radius 1 is 1.15 bits per heavy atom. The van der Waals surface area contributed by atoms with Crippen LogP contribution in [0.5, 0.6) is 11.5 Å². The molecule has 0 aliphatic carbocycles. The van der Waals surface area contributed by atoms with Crippen LogP contribution in [0.4, 0.5) is 11.5 Å². The molecule has 1 aliphatic rings. The molecule has 1 aliphatic heterocycles. The normalized spacial score (nSPS) is 18.1. The molecule has 33 heavy (non-hydrogen) atoms. The first-order valence-corrected chi connectivity index (χ1v) is 11.0. The van der Waals surface area contributed by atoms with Gasteiger partial charge in [0.1, 0.15) is 5.82 Å². The van der Waals surface area contributed by atoms with E-state index >= 15 is 0 Å². The van der Waals surface area contributed by atoms with Gasteiger partial charge in [-0.1, -0.05) is 0 Å². The summed E-state index contributed by atoms with van der Waals surface area (Å²) in [6.45, 7) is 9.24. The summed E-state index contributed by atoms with van der Waals surface area (Å²) in [5, 5.41) is 5.60. The lowest BCUT2D eigenvalue weighted by atomic mass is 10.2. The highest BCUT2D eigenvalue weighted by Crippen LogP contribution is 2.28. The highest BCUT2D eigenvalue weighted by atomic mass is 16.5. The number of carbonyl (C=O) groups excluding carboxylic acids is 2. The highest BCUT2D eigenvalue weighted by molar-refractivity contribution is 6.04. The zero-order valence-corrected chi connectivity index (χ0v) is 19.8. The van der Waals surface area contributed by atoms with Crippen LogP contribution in [0.15, 0.2) is 36.5 Å². The summed E-state index contributed by atoms with van der Waals surface area (Å²) in [7, 11) is 1.48. The molecule has 0 saturated carbocycles. The fourth-order valence-corrected chi connectivity index (χ4v) is 3.65. The van der Waals surface area contributed by atoms with E-state index in [0.29, 0.717) is 22.7 Å². The molecular formula is C24H32N4O5. The lowest BCUT2D eigenvalue weighted by Crippen LogP contribution is -2.45. The summed E-state index contributed by atoms with van der Waals surface area (Å²) < 4.78 is 16.6. The van der Waals surface area contributed by atoms with Crippen LogP contribution < -0.4 is 25.0 Å². The van der Waals surface area contributed by atoms with Crippen molar-refractivity contribution in [2.45, 2.75) is 45.9 Å². The lowest BCUT2D eigenvalue weighted by Gasteiger charge is -2.36. The maximum atomic E-state index is 12.7. The average molecular weight is 457 g/mol. The number of morpholine rings is 1. The number of hydrogen-bond donors (Lipinski definition) is 2. The molecule has 1 aromatic carbocycles. The van der Waals surface area contributed by atoms with E-state index < -0.39 is 0 Å². The number of rotatable bonds is 8. The summed E-state index contributed by atoms with van der Waals surface area (Å²) in [6, 6.07) is 8.54. The Balaban J connectivity index is 1.62. The summed E-state index contributed by atoms with van der Waals surface area (Å²) in [4.78, 5) is 31.2. The number of aromatic nitrogens is 1. The average Bonchev–Trinajstić information content (AvgIpc) is 2.77. The van der Waals surface area contributed by atoms with Crippen molar-refractivity contribution in [3.05, 3.63) is 42.1 Å². The molecule has 2 atom stereocenters. The van der Waals surface area contributed by atoms with Crippen molar-refractivity contribution in [2.75, 3.05) is 37.0 Å². The fraction of sp³-hybridized carbons (Fsp3) is 0.458. The van der Waals surface area contributed by atoms with Gasteiger partial charge < -0.3 is 29.7 Å². The fourth-order valence-electron chi connectivity index (χ4n) is 3.65. The largest absolute Gasteiger partial charge is 0.493 e. The molecule has 2 unspecified atom stereocenters. The zero-order valence-electron chi connectivity index (χ0n) is 19.8. The number of benzene rings is 1. The number of methoxy groups -OCH3 is 1. The molecular weight excluding hydrogens is 424 g/mol. The summed E-state index contributed by atoms with van der Waals surface area (Å²) >= 11 is 0. The summed E-state index contributed by atoms with van der Waals surface area (Å²) in [5.41, 5.74) is 0.980. The van der Waals surface area contributed by atoms with E-state index in [0.717, 1.165) is 18.9 Å². The standard InChI is InChI=1S/C24H32N4O5/c1-15(2)26-23(29)14-32-20-8-6-18(10-21(20)31-5)24(30)27-19-7-9-22(25-11-19)28-12-16(3)33-17(4)13-28/h6-11,15-17H,12-14H2,1-5H3,(H,26,29)(H,27,30). The first kappa shape index (κ1) is 24.3. The number of hydrogen-bond acceptors (Lipinski definition) is 7. The number of ether oxygens (including phenoxy) is 3. The topological polar surface area (TPSA) is 102 Å². The van der Waals surface area contributed by atoms with Crippen molar-refractivity contribution < 1.29 is 23.8 Å². The van der Waals surface area contributed by atoms with Crippen LogP contribution >= 0.6 is 0 Å². The van der Waals surface area contributed by atoms with E-state index in [2.05, 4.69) is 20.5 Å². The number of carbonyl (C=O) groups is 2. The van der Waals surface area contributed by atoms with Gasteiger partial charge in [-0.05, 0) is 58.0 Å². The molecule has 3 rings (SSSR count). The third-order valence-corrected chi connectivity index (χ3v) is 4.98. The van der Waals surface area contributed by atoms with Crippen LogP contribution in [0.3, 0.4) is 0 Å². The van der Waals surface area contributed by atoms with Gasteiger partial charge in [0, 0.05) is 24.7 Å². The Hall–Kier alpha value is -3.33. The molecule has 2 N–H and O–H groups in total. The zero-order chi connectivity index (χ0) is 24.0. The van der Waals surface area contributed by atoms with Crippen molar-refractivity contribution >= 4 is 23.3 Å². The minimum Gasteiger partial charge on any atom is -0.493 e. The van der Waals surface area contributed by atoms with Gasteiger partial charge >= 0.3 is 0 Å². The van der Waals surface area contributed by atoms with Gasteiger partial charge in [-0.25, -0.2) is 4.98 Å². The Kier molecular flexibility index (Phi) is 8.11. The third kappa shape index (κ3) is 6.82. The maximum absolute atomic E-state index is 12.7. The van der Waals surface area contributed by atoms with Crippen molar-refractivity contribution in [1.29, 1.82) is 0 Å². The molecule has 178 valence electrons. The van der Waals surface area contributed by atoms with Gasteiger partial charge in [-0.2, -0.15) is 0 Å². The van der Waals surface area contributed by atoms with Crippen molar-refractivity contribution in [2.24, 2.45) is 0 Å². The van der Waals surface area contributed by atoms with Gasteiger partial charge in [0.15, 0.2) is 18.1 Å². The van der Waals surface area contributed by atoms with Crippen molar-refractivity contribution in [1.82, 2.24) is 10.3 Å². The van der Waals surface area contributed by atoms with Gasteiger partial charge in [-0.3, -0.25) is 9.59 Å². The molecule has 0 radical (unpaired) electrons. The smallest absolute Gasteiger partial charge is 0.258 e. The Morgan fingerprint density at radius 2 is 1.88 bits per heavy atom. The molecule has 9 heteroatoms. The van der Waals surface area contributed by atoms with Crippen LogP contribution in [0.1, 0.15) is 38.1 Å². The van der Waals surface area contributed by atoms with E-state index in [4.69, 9.17) is 14.2 Å². The van der Waals surface area contributed by atoms with Crippen LogP contribution in [0.25, 0.3) is 0 Å². The predicted molar refractivity (Wildman–Crippen MR) is 126 cm³/mol. The van der Waals surface area contributed by atoms with Gasteiger partial charge in [0.05, 0.1) is 31.2 Å². The van der Waals surface area contributed by atoms with E-state index in [-0.39, 0.29) is 36.7 Å². The van der Waals surface area contributed by atoms with Gasteiger partial charge in [0.2, 0.25) is 0 Å². The van der Waals surface area contributed by atoms with Crippen LogP contribution in [-0.4, -0.2) is 61.9 Å². The molecule has 2 aromatic rings. The molecule has 0 bridgehead atoms. The Morgan fingerprint density at radius 3 is 2.48 bits per heavy atom.